The summed E-state index contributed by atoms with van der Waals surface area (Å²) < 4.78 is 59.0. The Morgan fingerprint density at radius 3 is 1.45 bits per heavy atom. The molecule has 0 aliphatic heterocycles. The fourth-order valence-electron chi connectivity index (χ4n) is 9.37. The van der Waals surface area contributed by atoms with Gasteiger partial charge in [-0.1, -0.05) is 67.6 Å². The molecule has 82 heavy (non-hydrogen) atoms. The molecular formula is C65H68F2N4O9S2. The van der Waals surface area contributed by atoms with Gasteiger partial charge < -0.3 is 33.5 Å². The van der Waals surface area contributed by atoms with E-state index in [9.17, 15) is 28.0 Å². The highest BCUT2D eigenvalue weighted by Gasteiger charge is 2.26. The summed E-state index contributed by atoms with van der Waals surface area (Å²) in [5.41, 5.74) is 6.94. The maximum Gasteiger partial charge on any atom is 0.248 e. The van der Waals surface area contributed by atoms with E-state index in [2.05, 4.69) is 9.97 Å². The molecule has 0 N–H and O–H groups in total. The lowest BCUT2D eigenvalue weighted by atomic mass is 10.0. The van der Waals surface area contributed by atoms with E-state index in [0.717, 1.165) is 84.5 Å². The number of ether oxygens (including phenoxy) is 5. The van der Waals surface area contributed by atoms with Crippen LogP contribution in [-0.4, -0.2) is 96.9 Å². The number of aromatic nitrogens is 2. The predicted molar refractivity (Wildman–Crippen MR) is 317 cm³/mol. The monoisotopic (exact) mass is 1150 g/mol. The quantitative estimate of drug-likeness (QED) is 0.0432. The zero-order valence-electron chi connectivity index (χ0n) is 46.8. The first-order valence-electron chi connectivity index (χ1n) is 27.8. The number of ketones is 2. The maximum atomic E-state index is 15.0. The largest absolute Gasteiger partial charge is 0.453 e. The first-order valence-corrected chi connectivity index (χ1v) is 29.5. The van der Waals surface area contributed by atoms with Gasteiger partial charge in [-0.3, -0.25) is 29.1 Å². The topological polar surface area (TPSA) is 147 Å². The fraction of sp³-hybridized carbons (Fsp3) is 0.354. The van der Waals surface area contributed by atoms with Crippen LogP contribution < -0.4 is 9.47 Å². The van der Waals surface area contributed by atoms with Crippen molar-refractivity contribution in [3.63, 3.8) is 0 Å². The highest BCUT2D eigenvalue weighted by Crippen LogP contribution is 2.42. The zero-order chi connectivity index (χ0) is 57.5. The van der Waals surface area contributed by atoms with Crippen LogP contribution >= 0.6 is 22.7 Å². The van der Waals surface area contributed by atoms with Crippen LogP contribution in [0, 0.1) is 23.5 Å². The molecule has 2 saturated carbocycles. The number of methoxy groups -OCH3 is 2. The van der Waals surface area contributed by atoms with E-state index < -0.39 is 11.6 Å². The van der Waals surface area contributed by atoms with Crippen LogP contribution in [0.15, 0.2) is 122 Å². The molecule has 17 heteroatoms. The molecule has 428 valence electrons. The van der Waals surface area contributed by atoms with Crippen molar-refractivity contribution >= 4 is 66.5 Å². The van der Waals surface area contributed by atoms with Crippen LogP contribution in [0.5, 0.6) is 23.0 Å². The van der Waals surface area contributed by atoms with E-state index in [0.29, 0.717) is 93.3 Å². The predicted octanol–water partition coefficient (Wildman–Crippen LogP) is 14.0. The summed E-state index contributed by atoms with van der Waals surface area (Å²) in [4.78, 5) is 63.5. The van der Waals surface area contributed by atoms with Crippen molar-refractivity contribution in [2.45, 2.75) is 84.7 Å². The smallest absolute Gasteiger partial charge is 0.248 e. The molecule has 0 unspecified atom stereocenters. The number of pyridine rings is 2. The standard InChI is InChI=1S/C34H37FN2O5S.C31H31FN2O4S/c1-3-14-37(33(39)22-41-16-15-40-2)21-24-6-9-26(10-7-24)32-20-29-34(43-32)31(12-13-36-29)42-30-11-8-25(19-28(30)35)18-27(38)17-23-4-5-23;1-20(35)34(13-14-37-2)19-22-5-8-24(9-6-22)30-18-27-31(39-30)29(11-12-33-27)38-28-10-7-23(17-26(28)32)16-25(36)15-21-3-4-21/h6-13,19-20,23H,3-5,14-18,21-22H2,1-2H3;5-12,17-18,21H,3-4,13-16,19H2,1-2H3. The van der Waals surface area contributed by atoms with Crippen molar-refractivity contribution in [1.29, 1.82) is 0 Å². The van der Waals surface area contributed by atoms with E-state index in [1.165, 1.54) is 34.8 Å². The minimum Gasteiger partial charge on any atom is -0.453 e. The number of Topliss-reactive ketones (excluding diaryl/α,β-unsaturated/α-hetero) is 2. The van der Waals surface area contributed by atoms with Gasteiger partial charge in [-0.05, 0) is 114 Å². The molecule has 2 aliphatic rings. The van der Waals surface area contributed by atoms with Gasteiger partial charge in [0, 0.05) is 107 Å². The van der Waals surface area contributed by atoms with Crippen LogP contribution in [0.2, 0.25) is 0 Å². The summed E-state index contributed by atoms with van der Waals surface area (Å²) >= 11 is 3.05. The minimum atomic E-state index is -0.494. The lowest BCUT2D eigenvalue weighted by molar-refractivity contribution is -0.137. The zero-order valence-corrected chi connectivity index (χ0v) is 48.4. The summed E-state index contributed by atoms with van der Waals surface area (Å²) in [5, 5.41) is 0. The Morgan fingerprint density at radius 2 is 1.02 bits per heavy atom. The Labute approximate surface area is 485 Å². The van der Waals surface area contributed by atoms with E-state index in [1.807, 2.05) is 72.5 Å². The second kappa shape index (κ2) is 28.6. The van der Waals surface area contributed by atoms with Gasteiger partial charge in [-0.25, -0.2) is 8.78 Å². The molecule has 2 amide bonds. The van der Waals surface area contributed by atoms with E-state index in [1.54, 1.807) is 74.8 Å². The van der Waals surface area contributed by atoms with Gasteiger partial charge in [0.1, 0.15) is 29.7 Å². The summed E-state index contributed by atoms with van der Waals surface area (Å²) in [5.74, 6) is 1.61. The third-order valence-corrected chi connectivity index (χ3v) is 16.5. The maximum absolute atomic E-state index is 15.0. The molecule has 4 aromatic carbocycles. The fourth-order valence-corrected chi connectivity index (χ4v) is 11.5. The molecule has 0 bridgehead atoms. The molecule has 10 rings (SSSR count). The number of nitrogens with zero attached hydrogens (tertiary/aromatic N) is 4. The second-order valence-corrected chi connectivity index (χ2v) is 23.0. The molecule has 4 aromatic heterocycles. The van der Waals surface area contributed by atoms with Gasteiger partial charge in [-0.15, -0.1) is 22.7 Å². The molecule has 0 spiro atoms. The van der Waals surface area contributed by atoms with Crippen LogP contribution in [0.4, 0.5) is 8.78 Å². The van der Waals surface area contributed by atoms with Crippen LogP contribution in [-0.2, 0) is 59.3 Å². The van der Waals surface area contributed by atoms with E-state index in [4.69, 9.17) is 23.7 Å². The van der Waals surface area contributed by atoms with Crippen molar-refractivity contribution in [1.82, 2.24) is 19.8 Å². The van der Waals surface area contributed by atoms with E-state index in [-0.39, 0.29) is 54.3 Å². The number of hydrogen-bond donors (Lipinski definition) is 0. The third kappa shape index (κ3) is 16.7. The first kappa shape index (κ1) is 59.3. The van der Waals surface area contributed by atoms with E-state index >= 15 is 0 Å². The number of carbonyl (C=O) groups is 4. The number of halogens is 2. The average molecular weight is 1150 g/mol. The van der Waals surface area contributed by atoms with Gasteiger partial charge in [-0.2, -0.15) is 0 Å². The summed E-state index contributed by atoms with van der Waals surface area (Å²) in [6, 6.07) is 33.1. The summed E-state index contributed by atoms with van der Waals surface area (Å²) in [7, 11) is 3.22. The molecule has 0 atom stereocenters. The number of amides is 2. The Balaban J connectivity index is 0.000000198. The summed E-state index contributed by atoms with van der Waals surface area (Å²) in [6.07, 6.45) is 10.3. The summed E-state index contributed by atoms with van der Waals surface area (Å²) in [6.45, 7) is 7.20. The Hall–Kier alpha value is -7.28. The number of hydrogen-bond acceptors (Lipinski definition) is 13. The molecule has 0 radical (unpaired) electrons. The van der Waals surface area contributed by atoms with Crippen LogP contribution in [0.3, 0.4) is 0 Å². The normalized spacial score (nSPS) is 13.0. The SMILES string of the molecule is CCCN(Cc1ccc(-c2cc3nccc(Oc4ccc(CC(=O)CC5CC5)cc4F)c3s2)cc1)C(=O)COCCOC.COCCN(Cc1ccc(-c2cc3nccc(Oc4ccc(CC(=O)CC5CC5)cc4F)c3s2)cc1)C(C)=O. The molecule has 2 aliphatic carbocycles. The molecule has 4 heterocycles. The van der Waals surface area contributed by atoms with Crippen molar-refractivity contribution < 1.29 is 51.6 Å². The Kier molecular flexibility index (Phi) is 20.7. The van der Waals surface area contributed by atoms with Crippen molar-refractivity contribution in [2.24, 2.45) is 11.8 Å². The van der Waals surface area contributed by atoms with Gasteiger partial charge in [0.05, 0.1) is 40.3 Å². The van der Waals surface area contributed by atoms with Crippen LogP contribution in [0.25, 0.3) is 41.3 Å². The number of carbonyl (C=O) groups excluding carboxylic acids is 4. The lowest BCUT2D eigenvalue weighted by Crippen LogP contribution is -2.34. The molecule has 2 fully saturated rings. The molecule has 8 aromatic rings. The van der Waals surface area contributed by atoms with Gasteiger partial charge in [0.25, 0.3) is 0 Å². The van der Waals surface area contributed by atoms with Crippen molar-refractivity contribution in [3.05, 3.63) is 155 Å². The second-order valence-electron chi connectivity index (χ2n) is 20.9. The number of fused-ring (bicyclic) bond motifs is 2. The van der Waals surface area contributed by atoms with Gasteiger partial charge >= 0.3 is 0 Å². The highest BCUT2D eigenvalue weighted by molar-refractivity contribution is 7.23. The lowest BCUT2D eigenvalue weighted by Gasteiger charge is -2.22. The first-order chi connectivity index (χ1) is 39.8. The number of benzene rings is 4. The highest BCUT2D eigenvalue weighted by atomic mass is 32.1. The molecule has 13 nitrogen and oxygen atoms in total. The van der Waals surface area contributed by atoms with Crippen LogP contribution in [0.1, 0.15) is 81.0 Å². The Morgan fingerprint density at radius 1 is 0.561 bits per heavy atom. The van der Waals surface area contributed by atoms with Gasteiger partial charge in [0.15, 0.2) is 23.1 Å². The third-order valence-electron chi connectivity index (χ3n) is 14.2. The minimum absolute atomic E-state index is 0.00683. The average Bonchev–Trinajstić information content (AvgIpc) is 4.52. The van der Waals surface area contributed by atoms with Crippen molar-refractivity contribution in [3.8, 4) is 43.9 Å². The number of thiophene rings is 2. The molecular weight excluding hydrogens is 1080 g/mol. The van der Waals surface area contributed by atoms with Crippen molar-refractivity contribution in [2.75, 3.05) is 53.7 Å². The Bertz CT molecular complexity index is 3490. The molecule has 0 saturated heterocycles. The number of rotatable bonds is 28. The van der Waals surface area contributed by atoms with Gasteiger partial charge in [0.2, 0.25) is 11.8 Å².